The molecule has 0 atom stereocenters. The molecule has 0 saturated heterocycles. The van der Waals surface area contributed by atoms with E-state index in [1.807, 2.05) is 10.9 Å². The van der Waals surface area contributed by atoms with Crippen LogP contribution in [0.3, 0.4) is 0 Å². The molecule has 5 nitrogen and oxygen atoms in total. The molecule has 0 radical (unpaired) electrons. The van der Waals surface area contributed by atoms with E-state index in [2.05, 4.69) is 5.10 Å². The number of hydrogen-bond donors (Lipinski definition) is 1. The molecule has 0 unspecified atom stereocenters. The molecule has 6 heteroatoms. The summed E-state index contributed by atoms with van der Waals surface area (Å²) >= 11 is 1.43. The van der Waals surface area contributed by atoms with Crippen LogP contribution >= 0.6 is 11.8 Å². The number of ether oxygens (including phenoxy) is 1. The molecule has 1 aliphatic carbocycles. The van der Waals surface area contributed by atoms with Crippen LogP contribution in [0.5, 0.6) is 0 Å². The van der Waals surface area contributed by atoms with Crippen LogP contribution in [0, 0.1) is 0 Å². The van der Waals surface area contributed by atoms with Crippen LogP contribution in [0.25, 0.3) is 0 Å². The zero-order valence-electron chi connectivity index (χ0n) is 10.8. The van der Waals surface area contributed by atoms with E-state index in [-0.39, 0.29) is 5.97 Å². The fourth-order valence-electron chi connectivity index (χ4n) is 2.39. The van der Waals surface area contributed by atoms with Gasteiger partial charge in [-0.25, -0.2) is 9.48 Å². The molecular formula is C12H19N3O2S. The Morgan fingerprint density at radius 3 is 2.78 bits per heavy atom. The average molecular weight is 269 g/mol. The molecule has 0 bridgehead atoms. The predicted octanol–water partition coefficient (Wildman–Crippen LogP) is 2.48. The maximum Gasteiger partial charge on any atom is 0.344 e. The zero-order valence-corrected chi connectivity index (χ0v) is 11.6. The molecular weight excluding hydrogens is 250 g/mol. The summed E-state index contributed by atoms with van der Waals surface area (Å²) in [6.07, 6.45) is 6.47. The van der Waals surface area contributed by atoms with Crippen molar-refractivity contribution in [1.82, 2.24) is 9.78 Å². The minimum absolute atomic E-state index is 0.332. The van der Waals surface area contributed by atoms with Crippen LogP contribution in [-0.4, -0.2) is 28.6 Å². The number of carbonyl (C=O) groups excluding carboxylic acids is 1. The monoisotopic (exact) mass is 269 g/mol. The summed E-state index contributed by atoms with van der Waals surface area (Å²) in [5, 5.41) is 5.13. The second-order valence-electron chi connectivity index (χ2n) is 4.37. The normalized spacial score (nSPS) is 16.1. The van der Waals surface area contributed by atoms with Crippen LogP contribution < -0.4 is 5.73 Å². The van der Waals surface area contributed by atoms with Gasteiger partial charge in [-0.2, -0.15) is 5.10 Å². The van der Waals surface area contributed by atoms with Crippen LogP contribution in [0.2, 0.25) is 0 Å². The number of thioether (sulfide) groups is 1. The fraction of sp³-hybridized carbons (Fsp3) is 0.667. The number of aromatic nitrogens is 2. The first-order valence-electron chi connectivity index (χ1n) is 6.28. The number of esters is 1. The Balaban J connectivity index is 2.35. The third-order valence-corrected chi connectivity index (χ3v) is 3.93. The van der Waals surface area contributed by atoms with E-state index < -0.39 is 0 Å². The van der Waals surface area contributed by atoms with Gasteiger partial charge in [0.15, 0.2) is 0 Å². The summed E-state index contributed by atoms with van der Waals surface area (Å²) in [6.45, 7) is 2.13. The van der Waals surface area contributed by atoms with Crippen LogP contribution in [-0.2, 0) is 4.74 Å². The standard InChI is InChI=1S/C12H19N3O2S/c1-3-17-12(16)9-10(13)15(14-11(9)18-2)8-6-4-5-7-8/h8H,3-7,13H2,1-2H3. The molecule has 1 saturated carbocycles. The Labute approximate surface area is 111 Å². The first-order valence-corrected chi connectivity index (χ1v) is 7.50. The zero-order chi connectivity index (χ0) is 13.1. The molecule has 2 N–H and O–H groups in total. The lowest BCUT2D eigenvalue weighted by Gasteiger charge is -2.11. The maximum atomic E-state index is 11.9. The van der Waals surface area contributed by atoms with E-state index in [0.717, 1.165) is 12.8 Å². The van der Waals surface area contributed by atoms with Crippen LogP contribution in [0.15, 0.2) is 5.03 Å². The van der Waals surface area contributed by atoms with Gasteiger partial charge >= 0.3 is 5.97 Å². The Morgan fingerprint density at radius 2 is 2.22 bits per heavy atom. The van der Waals surface area contributed by atoms with Crippen molar-refractivity contribution in [2.45, 2.75) is 43.7 Å². The predicted molar refractivity (Wildman–Crippen MR) is 71.9 cm³/mol. The number of anilines is 1. The minimum atomic E-state index is -0.372. The lowest BCUT2D eigenvalue weighted by molar-refractivity contribution is 0.0523. The van der Waals surface area contributed by atoms with E-state index in [1.54, 1.807) is 6.92 Å². The quantitative estimate of drug-likeness (QED) is 0.671. The highest BCUT2D eigenvalue weighted by Crippen LogP contribution is 2.35. The van der Waals surface area contributed by atoms with Gasteiger partial charge in [0.1, 0.15) is 16.4 Å². The van der Waals surface area contributed by atoms with Crippen molar-refractivity contribution in [1.29, 1.82) is 0 Å². The summed E-state index contributed by atoms with van der Waals surface area (Å²) in [4.78, 5) is 11.9. The summed E-state index contributed by atoms with van der Waals surface area (Å²) in [5.41, 5.74) is 6.50. The molecule has 0 amide bonds. The minimum Gasteiger partial charge on any atom is -0.462 e. The lowest BCUT2D eigenvalue weighted by Crippen LogP contribution is -2.12. The van der Waals surface area contributed by atoms with Crippen molar-refractivity contribution in [2.75, 3.05) is 18.6 Å². The van der Waals surface area contributed by atoms with Crippen molar-refractivity contribution in [3.63, 3.8) is 0 Å². The Hall–Kier alpha value is -1.17. The molecule has 1 aromatic heterocycles. The van der Waals surface area contributed by atoms with Crippen molar-refractivity contribution in [2.24, 2.45) is 0 Å². The van der Waals surface area contributed by atoms with E-state index >= 15 is 0 Å². The van der Waals surface area contributed by atoms with Gasteiger partial charge in [0.25, 0.3) is 0 Å². The average Bonchev–Trinajstić information content (AvgIpc) is 2.96. The number of nitrogens with zero attached hydrogens (tertiary/aromatic N) is 2. The molecule has 0 spiro atoms. The van der Waals surface area contributed by atoms with E-state index in [4.69, 9.17) is 10.5 Å². The van der Waals surface area contributed by atoms with Crippen LogP contribution in [0.1, 0.15) is 49.0 Å². The highest BCUT2D eigenvalue weighted by atomic mass is 32.2. The topological polar surface area (TPSA) is 70.1 Å². The van der Waals surface area contributed by atoms with Crippen molar-refractivity contribution < 1.29 is 9.53 Å². The molecule has 0 aromatic carbocycles. The Kier molecular flexibility index (Phi) is 4.16. The first kappa shape index (κ1) is 13.3. The van der Waals surface area contributed by atoms with Gasteiger partial charge in [0.05, 0.1) is 12.6 Å². The van der Waals surface area contributed by atoms with E-state index in [9.17, 15) is 4.79 Å². The van der Waals surface area contributed by atoms with Gasteiger partial charge in [0.2, 0.25) is 0 Å². The molecule has 1 fully saturated rings. The number of nitrogen functional groups attached to an aromatic ring is 1. The molecule has 18 heavy (non-hydrogen) atoms. The van der Waals surface area contributed by atoms with Crippen molar-refractivity contribution >= 4 is 23.5 Å². The number of rotatable bonds is 4. The van der Waals surface area contributed by atoms with Crippen molar-refractivity contribution in [3.05, 3.63) is 5.56 Å². The second kappa shape index (κ2) is 5.65. The van der Waals surface area contributed by atoms with Gasteiger partial charge in [-0.1, -0.05) is 12.8 Å². The third-order valence-electron chi connectivity index (χ3n) is 3.26. The van der Waals surface area contributed by atoms with Gasteiger partial charge in [-0.15, -0.1) is 11.8 Å². The molecule has 2 rings (SSSR count). The van der Waals surface area contributed by atoms with Gasteiger partial charge in [-0.3, -0.25) is 0 Å². The number of carbonyl (C=O) groups is 1. The maximum absolute atomic E-state index is 11.9. The number of nitrogens with two attached hydrogens (primary N) is 1. The van der Waals surface area contributed by atoms with E-state index in [1.165, 1.54) is 24.6 Å². The van der Waals surface area contributed by atoms with Crippen molar-refractivity contribution in [3.8, 4) is 0 Å². The molecule has 1 aromatic rings. The smallest absolute Gasteiger partial charge is 0.344 e. The summed E-state index contributed by atoms with van der Waals surface area (Å²) in [7, 11) is 0. The summed E-state index contributed by atoms with van der Waals surface area (Å²) < 4.78 is 6.85. The highest BCUT2D eigenvalue weighted by Gasteiger charge is 2.27. The first-order chi connectivity index (χ1) is 8.69. The largest absolute Gasteiger partial charge is 0.462 e. The fourth-order valence-corrected chi connectivity index (χ4v) is 2.95. The molecule has 0 aliphatic heterocycles. The van der Waals surface area contributed by atoms with Gasteiger partial charge < -0.3 is 10.5 Å². The third kappa shape index (κ3) is 2.34. The SMILES string of the molecule is CCOC(=O)c1c(SC)nn(C2CCCC2)c1N. The van der Waals surface area contributed by atoms with Gasteiger partial charge in [0, 0.05) is 0 Å². The molecule has 100 valence electrons. The summed E-state index contributed by atoms with van der Waals surface area (Å²) in [6, 6.07) is 0.332. The Bertz CT molecular complexity index is 439. The molecule has 1 aliphatic rings. The van der Waals surface area contributed by atoms with Crippen LogP contribution in [0.4, 0.5) is 5.82 Å². The second-order valence-corrected chi connectivity index (χ2v) is 5.17. The number of hydrogen-bond acceptors (Lipinski definition) is 5. The van der Waals surface area contributed by atoms with Gasteiger partial charge in [-0.05, 0) is 26.0 Å². The lowest BCUT2D eigenvalue weighted by atomic mass is 10.2. The highest BCUT2D eigenvalue weighted by molar-refractivity contribution is 7.98. The molecule has 1 heterocycles. The summed E-state index contributed by atoms with van der Waals surface area (Å²) in [5.74, 6) is 0.0771. The Morgan fingerprint density at radius 1 is 1.56 bits per heavy atom. The van der Waals surface area contributed by atoms with E-state index in [0.29, 0.717) is 29.1 Å².